The smallest absolute Gasteiger partial charge is 0.396 e. The first-order valence-electron chi connectivity index (χ1n) is 3.85. The Balaban J connectivity index is 2.22. The highest BCUT2D eigenvalue weighted by Crippen LogP contribution is 1.90. The van der Waals surface area contributed by atoms with E-state index >= 15 is 0 Å². The molecule has 0 aliphatic rings. The van der Waals surface area contributed by atoms with Gasteiger partial charge in [-0.05, 0) is 0 Å². The van der Waals surface area contributed by atoms with Gasteiger partial charge in [0.15, 0.2) is 6.33 Å². The SMILES string of the molecule is COC(=O)C(=O)NCCc1ncno1. The van der Waals surface area contributed by atoms with Gasteiger partial charge in [-0.15, -0.1) is 0 Å². The van der Waals surface area contributed by atoms with Crippen LogP contribution in [0.1, 0.15) is 5.89 Å². The number of ether oxygens (including phenoxy) is 1. The summed E-state index contributed by atoms with van der Waals surface area (Å²) in [6.45, 7) is 0.246. The molecule has 14 heavy (non-hydrogen) atoms. The van der Waals surface area contributed by atoms with Crippen molar-refractivity contribution in [1.29, 1.82) is 0 Å². The van der Waals surface area contributed by atoms with Crippen molar-refractivity contribution >= 4 is 11.9 Å². The lowest BCUT2D eigenvalue weighted by Gasteiger charge is -2.00. The quantitative estimate of drug-likeness (QED) is 0.490. The maximum atomic E-state index is 10.9. The highest BCUT2D eigenvalue weighted by molar-refractivity contribution is 6.32. The van der Waals surface area contributed by atoms with Gasteiger partial charge in [0.25, 0.3) is 0 Å². The van der Waals surface area contributed by atoms with E-state index in [4.69, 9.17) is 0 Å². The second-order valence-corrected chi connectivity index (χ2v) is 2.33. The van der Waals surface area contributed by atoms with Crippen molar-refractivity contribution in [3.63, 3.8) is 0 Å². The average molecular weight is 199 g/mol. The molecule has 1 amide bonds. The maximum Gasteiger partial charge on any atom is 0.396 e. The van der Waals surface area contributed by atoms with Gasteiger partial charge in [-0.2, -0.15) is 4.98 Å². The van der Waals surface area contributed by atoms with E-state index in [2.05, 4.69) is 24.7 Å². The van der Waals surface area contributed by atoms with Crippen molar-refractivity contribution in [2.75, 3.05) is 13.7 Å². The number of aromatic nitrogens is 2. The van der Waals surface area contributed by atoms with Crippen LogP contribution < -0.4 is 5.32 Å². The molecule has 0 fully saturated rings. The number of hydrogen-bond acceptors (Lipinski definition) is 6. The fourth-order valence-electron chi connectivity index (χ4n) is 0.754. The van der Waals surface area contributed by atoms with Crippen LogP contribution in [0.2, 0.25) is 0 Å². The van der Waals surface area contributed by atoms with Crippen LogP contribution in [-0.4, -0.2) is 35.7 Å². The lowest BCUT2D eigenvalue weighted by atomic mass is 10.4. The summed E-state index contributed by atoms with van der Waals surface area (Å²) < 4.78 is 8.87. The third kappa shape index (κ3) is 2.85. The summed E-state index contributed by atoms with van der Waals surface area (Å²) in [6.07, 6.45) is 1.64. The molecule has 0 saturated heterocycles. The maximum absolute atomic E-state index is 10.9. The lowest BCUT2D eigenvalue weighted by molar-refractivity contribution is -0.152. The fourth-order valence-corrected chi connectivity index (χ4v) is 0.754. The monoisotopic (exact) mass is 199 g/mol. The minimum absolute atomic E-state index is 0.246. The summed E-state index contributed by atoms with van der Waals surface area (Å²) >= 11 is 0. The second-order valence-electron chi connectivity index (χ2n) is 2.33. The summed E-state index contributed by atoms with van der Waals surface area (Å²) in [5.41, 5.74) is 0. The molecule has 1 aromatic rings. The van der Waals surface area contributed by atoms with Crippen LogP contribution in [0.4, 0.5) is 0 Å². The molecule has 0 aromatic carbocycles. The average Bonchev–Trinajstić information content (AvgIpc) is 2.69. The molecule has 7 heteroatoms. The molecule has 7 nitrogen and oxygen atoms in total. The third-order valence-corrected chi connectivity index (χ3v) is 1.40. The van der Waals surface area contributed by atoms with E-state index in [9.17, 15) is 9.59 Å². The van der Waals surface area contributed by atoms with E-state index < -0.39 is 11.9 Å². The van der Waals surface area contributed by atoms with E-state index in [-0.39, 0.29) is 6.54 Å². The molecule has 0 saturated carbocycles. The van der Waals surface area contributed by atoms with E-state index in [1.165, 1.54) is 6.33 Å². The number of hydrogen-bond donors (Lipinski definition) is 1. The Kier molecular flexibility index (Phi) is 3.59. The molecule has 1 rings (SSSR count). The van der Waals surface area contributed by atoms with Crippen LogP contribution in [0.25, 0.3) is 0 Å². The number of methoxy groups -OCH3 is 1. The van der Waals surface area contributed by atoms with Gasteiger partial charge in [-0.1, -0.05) is 5.16 Å². The molecule has 1 aromatic heterocycles. The zero-order valence-corrected chi connectivity index (χ0v) is 7.52. The zero-order valence-electron chi connectivity index (χ0n) is 7.52. The van der Waals surface area contributed by atoms with Crippen LogP contribution in [0.15, 0.2) is 10.9 Å². The summed E-state index contributed by atoms with van der Waals surface area (Å²) in [6, 6.07) is 0. The number of esters is 1. The van der Waals surface area contributed by atoms with Crippen LogP contribution in [0.3, 0.4) is 0 Å². The van der Waals surface area contributed by atoms with Crippen molar-refractivity contribution in [2.24, 2.45) is 0 Å². The topological polar surface area (TPSA) is 94.3 Å². The predicted molar refractivity (Wildman–Crippen MR) is 43.0 cm³/mol. The van der Waals surface area contributed by atoms with Crippen molar-refractivity contribution < 1.29 is 18.8 Å². The molecular weight excluding hydrogens is 190 g/mol. The van der Waals surface area contributed by atoms with Gasteiger partial charge >= 0.3 is 11.9 Å². The van der Waals surface area contributed by atoms with E-state index in [1.54, 1.807) is 0 Å². The van der Waals surface area contributed by atoms with Gasteiger partial charge in [0.05, 0.1) is 7.11 Å². The zero-order chi connectivity index (χ0) is 10.4. The summed E-state index contributed by atoms with van der Waals surface area (Å²) in [4.78, 5) is 25.2. The van der Waals surface area contributed by atoms with Gasteiger partial charge < -0.3 is 14.6 Å². The van der Waals surface area contributed by atoms with E-state index in [0.717, 1.165) is 7.11 Å². The molecule has 0 spiro atoms. The fraction of sp³-hybridized carbons (Fsp3) is 0.429. The first-order valence-corrected chi connectivity index (χ1v) is 3.85. The number of carbonyl (C=O) groups is 2. The largest absolute Gasteiger partial charge is 0.462 e. The highest BCUT2D eigenvalue weighted by Gasteiger charge is 2.12. The van der Waals surface area contributed by atoms with Crippen molar-refractivity contribution in [3.8, 4) is 0 Å². The van der Waals surface area contributed by atoms with Gasteiger partial charge in [-0.3, -0.25) is 4.79 Å². The van der Waals surface area contributed by atoms with E-state index in [1.807, 2.05) is 0 Å². The third-order valence-electron chi connectivity index (χ3n) is 1.40. The van der Waals surface area contributed by atoms with Crippen molar-refractivity contribution in [2.45, 2.75) is 6.42 Å². The van der Waals surface area contributed by atoms with Crippen LogP contribution in [0.5, 0.6) is 0 Å². The van der Waals surface area contributed by atoms with E-state index in [0.29, 0.717) is 12.3 Å². The summed E-state index contributed by atoms with van der Waals surface area (Å²) in [7, 11) is 1.14. The Bertz CT molecular complexity index is 309. The number of rotatable bonds is 3. The second kappa shape index (κ2) is 4.95. The lowest BCUT2D eigenvalue weighted by Crippen LogP contribution is -2.33. The van der Waals surface area contributed by atoms with Gasteiger partial charge in [0, 0.05) is 13.0 Å². The standard InChI is InChI=1S/C7H9N3O4/c1-13-7(12)6(11)8-3-2-5-9-4-10-14-5/h4H,2-3H2,1H3,(H,8,11). The molecule has 1 heterocycles. The Hall–Kier alpha value is -1.92. The minimum atomic E-state index is -0.921. The predicted octanol–water partition coefficient (Wildman–Crippen LogP) is -1.10. The van der Waals surface area contributed by atoms with Crippen LogP contribution in [0, 0.1) is 0 Å². The van der Waals surface area contributed by atoms with Crippen LogP contribution in [-0.2, 0) is 20.7 Å². The molecular formula is C7H9N3O4. The molecule has 0 bridgehead atoms. The molecule has 0 atom stereocenters. The molecule has 0 radical (unpaired) electrons. The Morgan fingerprint density at radius 3 is 3.00 bits per heavy atom. The highest BCUT2D eigenvalue weighted by atomic mass is 16.5. The summed E-state index contributed by atoms with van der Waals surface area (Å²) in [5, 5.41) is 5.71. The first kappa shape index (κ1) is 10.2. The molecule has 1 N–H and O–H groups in total. The number of carbonyl (C=O) groups excluding carboxylic acids is 2. The Morgan fingerprint density at radius 1 is 1.64 bits per heavy atom. The van der Waals surface area contributed by atoms with Crippen LogP contribution >= 0.6 is 0 Å². The normalized spacial score (nSPS) is 9.50. The number of nitrogens with one attached hydrogen (secondary N) is 1. The van der Waals surface area contributed by atoms with Crippen molar-refractivity contribution in [3.05, 3.63) is 12.2 Å². The first-order chi connectivity index (χ1) is 6.74. The molecule has 76 valence electrons. The molecule has 0 aliphatic heterocycles. The van der Waals surface area contributed by atoms with Gasteiger partial charge in [0.2, 0.25) is 5.89 Å². The van der Waals surface area contributed by atoms with Gasteiger partial charge in [0.1, 0.15) is 0 Å². The molecule has 0 aliphatic carbocycles. The number of nitrogens with zero attached hydrogens (tertiary/aromatic N) is 2. The Labute approximate surface area is 79.4 Å². The molecule has 0 unspecified atom stereocenters. The van der Waals surface area contributed by atoms with Crippen molar-refractivity contribution in [1.82, 2.24) is 15.5 Å². The Morgan fingerprint density at radius 2 is 2.43 bits per heavy atom. The minimum Gasteiger partial charge on any atom is -0.462 e. The number of amides is 1. The van der Waals surface area contributed by atoms with Gasteiger partial charge in [-0.25, -0.2) is 4.79 Å². The summed E-state index contributed by atoms with van der Waals surface area (Å²) in [5.74, 6) is -1.31.